The lowest BCUT2D eigenvalue weighted by Gasteiger charge is -2.20. The van der Waals surface area contributed by atoms with Crippen LogP contribution in [0.1, 0.15) is 49.3 Å². The summed E-state index contributed by atoms with van der Waals surface area (Å²) >= 11 is 0. The standard InChI is InChI=1S/C23H29NO2/c1-2-22(23(25)24-16-8-11-18-9-4-3-5-10-18)26-21-15-14-19-12-6-7-13-20(19)17-21/h3-5,9-10,14-15,17,22H,2,6-8,11-13,16H2,1H3,(H,24,25)/t22-/m0/s1. The van der Waals surface area contributed by atoms with Gasteiger partial charge in [-0.05, 0) is 73.8 Å². The molecule has 0 saturated heterocycles. The second-order valence-electron chi connectivity index (χ2n) is 7.03. The van der Waals surface area contributed by atoms with Crippen LogP contribution in [0.5, 0.6) is 5.75 Å². The second kappa shape index (κ2) is 9.42. The first kappa shape index (κ1) is 18.5. The summed E-state index contributed by atoms with van der Waals surface area (Å²) in [7, 11) is 0. The van der Waals surface area contributed by atoms with E-state index < -0.39 is 6.10 Å². The van der Waals surface area contributed by atoms with Crippen LogP contribution in [0.2, 0.25) is 0 Å². The maximum atomic E-state index is 12.4. The van der Waals surface area contributed by atoms with Crippen molar-refractivity contribution in [1.29, 1.82) is 0 Å². The Morgan fingerprint density at radius 3 is 2.62 bits per heavy atom. The van der Waals surface area contributed by atoms with E-state index in [2.05, 4.69) is 29.6 Å². The summed E-state index contributed by atoms with van der Waals surface area (Å²) in [4.78, 5) is 12.4. The third kappa shape index (κ3) is 5.10. The number of carbonyl (C=O) groups is 1. The molecule has 3 nitrogen and oxygen atoms in total. The highest BCUT2D eigenvalue weighted by atomic mass is 16.5. The molecule has 1 amide bonds. The molecule has 3 heteroatoms. The highest BCUT2D eigenvalue weighted by Gasteiger charge is 2.19. The van der Waals surface area contributed by atoms with Gasteiger partial charge < -0.3 is 10.1 Å². The topological polar surface area (TPSA) is 38.3 Å². The number of hydrogen-bond donors (Lipinski definition) is 1. The fourth-order valence-electron chi connectivity index (χ4n) is 3.53. The molecule has 0 saturated carbocycles. The summed E-state index contributed by atoms with van der Waals surface area (Å²) in [6, 6.07) is 16.7. The molecule has 2 aromatic rings. The van der Waals surface area contributed by atoms with Gasteiger partial charge in [0, 0.05) is 6.54 Å². The molecule has 0 aliphatic heterocycles. The smallest absolute Gasteiger partial charge is 0.261 e. The van der Waals surface area contributed by atoms with Crippen LogP contribution >= 0.6 is 0 Å². The predicted molar refractivity (Wildman–Crippen MR) is 106 cm³/mol. The average Bonchev–Trinajstić information content (AvgIpc) is 2.70. The molecular weight excluding hydrogens is 322 g/mol. The molecule has 138 valence electrons. The molecule has 1 aliphatic rings. The first-order valence-corrected chi connectivity index (χ1v) is 9.86. The van der Waals surface area contributed by atoms with E-state index in [1.165, 1.54) is 29.5 Å². The van der Waals surface area contributed by atoms with Crippen LogP contribution in [-0.4, -0.2) is 18.6 Å². The van der Waals surface area contributed by atoms with Crippen molar-refractivity contribution in [1.82, 2.24) is 5.32 Å². The summed E-state index contributed by atoms with van der Waals surface area (Å²) in [6.07, 6.45) is 6.96. The van der Waals surface area contributed by atoms with E-state index in [4.69, 9.17) is 4.74 Å². The van der Waals surface area contributed by atoms with Crippen LogP contribution < -0.4 is 10.1 Å². The summed E-state index contributed by atoms with van der Waals surface area (Å²) in [5.74, 6) is 0.801. The number of rotatable bonds is 8. The van der Waals surface area contributed by atoms with Crippen molar-refractivity contribution in [2.75, 3.05) is 6.54 Å². The summed E-state index contributed by atoms with van der Waals surface area (Å²) in [6.45, 7) is 2.67. The third-order valence-corrected chi connectivity index (χ3v) is 5.05. The van der Waals surface area contributed by atoms with Gasteiger partial charge in [0.15, 0.2) is 6.10 Å². The van der Waals surface area contributed by atoms with E-state index >= 15 is 0 Å². The molecule has 0 aromatic heterocycles. The number of hydrogen-bond acceptors (Lipinski definition) is 2. The summed E-state index contributed by atoms with van der Waals surface area (Å²) in [5.41, 5.74) is 4.12. The minimum Gasteiger partial charge on any atom is -0.481 e. The maximum Gasteiger partial charge on any atom is 0.261 e. The number of ether oxygens (including phenoxy) is 1. The van der Waals surface area contributed by atoms with Gasteiger partial charge in [-0.3, -0.25) is 4.79 Å². The van der Waals surface area contributed by atoms with Crippen LogP contribution in [0.4, 0.5) is 0 Å². The van der Waals surface area contributed by atoms with Crippen molar-refractivity contribution in [2.24, 2.45) is 0 Å². The van der Waals surface area contributed by atoms with E-state index in [1.54, 1.807) is 0 Å². The zero-order chi connectivity index (χ0) is 18.2. The fraction of sp³-hybridized carbons (Fsp3) is 0.435. The summed E-state index contributed by atoms with van der Waals surface area (Å²) < 4.78 is 5.99. The largest absolute Gasteiger partial charge is 0.481 e. The molecule has 1 N–H and O–H groups in total. The zero-order valence-electron chi connectivity index (χ0n) is 15.7. The van der Waals surface area contributed by atoms with Crippen molar-refractivity contribution in [2.45, 2.75) is 58.0 Å². The Morgan fingerprint density at radius 1 is 1.08 bits per heavy atom. The van der Waals surface area contributed by atoms with Crippen molar-refractivity contribution >= 4 is 5.91 Å². The summed E-state index contributed by atoms with van der Waals surface area (Å²) in [5, 5.41) is 3.02. The number of amides is 1. The molecule has 26 heavy (non-hydrogen) atoms. The van der Waals surface area contributed by atoms with E-state index in [1.807, 2.05) is 31.2 Å². The average molecular weight is 351 g/mol. The fourth-order valence-corrected chi connectivity index (χ4v) is 3.53. The van der Waals surface area contributed by atoms with Crippen LogP contribution in [0.15, 0.2) is 48.5 Å². The molecule has 0 spiro atoms. The van der Waals surface area contributed by atoms with E-state index in [0.29, 0.717) is 13.0 Å². The number of benzene rings is 2. The van der Waals surface area contributed by atoms with Crippen molar-refractivity contribution in [3.8, 4) is 5.75 Å². The van der Waals surface area contributed by atoms with Crippen molar-refractivity contribution < 1.29 is 9.53 Å². The first-order valence-electron chi connectivity index (χ1n) is 9.86. The molecule has 0 heterocycles. The Kier molecular flexibility index (Phi) is 6.70. The monoisotopic (exact) mass is 351 g/mol. The second-order valence-corrected chi connectivity index (χ2v) is 7.03. The van der Waals surface area contributed by atoms with Crippen LogP contribution in [-0.2, 0) is 24.1 Å². The van der Waals surface area contributed by atoms with E-state index in [0.717, 1.165) is 31.4 Å². The van der Waals surface area contributed by atoms with Crippen LogP contribution in [0.3, 0.4) is 0 Å². The van der Waals surface area contributed by atoms with Crippen molar-refractivity contribution in [3.05, 3.63) is 65.2 Å². The number of carbonyl (C=O) groups excluding carboxylic acids is 1. The van der Waals surface area contributed by atoms with Gasteiger partial charge in [0.05, 0.1) is 0 Å². The van der Waals surface area contributed by atoms with Crippen LogP contribution in [0.25, 0.3) is 0 Å². The Labute approximate surface area is 156 Å². The Morgan fingerprint density at radius 2 is 1.85 bits per heavy atom. The lowest BCUT2D eigenvalue weighted by atomic mass is 9.92. The highest BCUT2D eigenvalue weighted by molar-refractivity contribution is 5.81. The van der Waals surface area contributed by atoms with Gasteiger partial charge in [0.2, 0.25) is 0 Å². The van der Waals surface area contributed by atoms with Gasteiger partial charge in [-0.15, -0.1) is 0 Å². The minimum absolute atomic E-state index is 0.0155. The molecule has 2 aromatic carbocycles. The van der Waals surface area contributed by atoms with Gasteiger partial charge in [-0.1, -0.05) is 43.3 Å². The lowest BCUT2D eigenvalue weighted by Crippen LogP contribution is -2.38. The van der Waals surface area contributed by atoms with Gasteiger partial charge in [0.25, 0.3) is 5.91 Å². The molecule has 3 rings (SSSR count). The SMILES string of the molecule is CC[C@H](Oc1ccc2c(c1)CCCC2)C(=O)NCCCc1ccccc1. The van der Waals surface area contributed by atoms with Gasteiger partial charge >= 0.3 is 0 Å². The zero-order valence-corrected chi connectivity index (χ0v) is 15.7. The Hall–Kier alpha value is -2.29. The molecule has 0 unspecified atom stereocenters. The van der Waals surface area contributed by atoms with E-state index in [9.17, 15) is 4.79 Å². The molecule has 0 fully saturated rings. The Bertz CT molecular complexity index is 711. The molecule has 1 aliphatic carbocycles. The molecule has 0 bridgehead atoms. The van der Waals surface area contributed by atoms with Gasteiger partial charge in [-0.25, -0.2) is 0 Å². The lowest BCUT2D eigenvalue weighted by molar-refractivity contribution is -0.128. The molecular formula is C23H29NO2. The van der Waals surface area contributed by atoms with Gasteiger partial charge in [0.1, 0.15) is 5.75 Å². The van der Waals surface area contributed by atoms with Gasteiger partial charge in [-0.2, -0.15) is 0 Å². The quantitative estimate of drug-likeness (QED) is 0.713. The molecule has 0 radical (unpaired) electrons. The molecule has 1 atom stereocenters. The van der Waals surface area contributed by atoms with Crippen LogP contribution in [0, 0.1) is 0 Å². The van der Waals surface area contributed by atoms with E-state index in [-0.39, 0.29) is 5.91 Å². The maximum absolute atomic E-state index is 12.4. The third-order valence-electron chi connectivity index (χ3n) is 5.05. The first-order chi connectivity index (χ1) is 12.8. The number of nitrogens with one attached hydrogen (secondary N) is 1. The Balaban J connectivity index is 1.47. The highest BCUT2D eigenvalue weighted by Crippen LogP contribution is 2.26. The normalized spacial score (nSPS) is 14.3. The number of fused-ring (bicyclic) bond motifs is 1. The minimum atomic E-state index is -0.423. The predicted octanol–water partition coefficient (Wildman–Crippen LogP) is 4.47. The number of aryl methyl sites for hydroxylation is 3. The van der Waals surface area contributed by atoms with Crippen molar-refractivity contribution in [3.63, 3.8) is 0 Å².